The zero-order chi connectivity index (χ0) is 40.8. The fourth-order valence-electron chi connectivity index (χ4n) is 13.1. The van der Waals surface area contributed by atoms with Gasteiger partial charge in [-0.2, -0.15) is 0 Å². The molecule has 0 saturated heterocycles. The molecule has 60 heavy (non-hydrogen) atoms. The molecule has 2 heteroatoms. The van der Waals surface area contributed by atoms with E-state index in [-0.39, 0.29) is 16.7 Å². The van der Waals surface area contributed by atoms with Gasteiger partial charge in [0.25, 0.3) is 0 Å². The Balaban J connectivity index is 1.11. The van der Waals surface area contributed by atoms with Crippen molar-refractivity contribution >= 4 is 39.0 Å². The summed E-state index contributed by atoms with van der Waals surface area (Å²) >= 11 is 0. The van der Waals surface area contributed by atoms with Crippen molar-refractivity contribution in [2.45, 2.75) is 90.9 Å². The van der Waals surface area contributed by atoms with Gasteiger partial charge in [0.1, 0.15) is 5.58 Å². The molecule has 296 valence electrons. The Morgan fingerprint density at radius 1 is 0.600 bits per heavy atom. The third-order valence-corrected chi connectivity index (χ3v) is 15.5. The number of hydrogen-bond donors (Lipinski definition) is 0. The highest BCUT2D eigenvalue weighted by atomic mass is 16.3. The van der Waals surface area contributed by atoms with Crippen LogP contribution in [0.3, 0.4) is 0 Å². The van der Waals surface area contributed by atoms with Gasteiger partial charge in [-0.05, 0) is 173 Å². The highest BCUT2D eigenvalue weighted by Gasteiger charge is 2.56. The van der Waals surface area contributed by atoms with Crippen molar-refractivity contribution < 1.29 is 4.42 Å². The van der Waals surface area contributed by atoms with E-state index in [1.54, 1.807) is 5.56 Å². The van der Waals surface area contributed by atoms with E-state index in [1.807, 2.05) is 0 Å². The van der Waals surface area contributed by atoms with Gasteiger partial charge in [0.2, 0.25) is 0 Å². The maximum Gasteiger partial charge on any atom is 0.159 e. The molecule has 0 amide bonds. The predicted octanol–water partition coefficient (Wildman–Crippen LogP) is 16.2. The average Bonchev–Trinajstić information content (AvgIpc) is 4.05. The van der Waals surface area contributed by atoms with E-state index < -0.39 is 0 Å². The predicted molar refractivity (Wildman–Crippen MR) is 251 cm³/mol. The molecule has 0 N–H and O–H groups in total. The van der Waals surface area contributed by atoms with Crippen LogP contribution in [0.25, 0.3) is 55.3 Å². The Kier molecular flexibility index (Phi) is 7.56. The number of anilines is 3. The van der Waals surface area contributed by atoms with E-state index in [9.17, 15) is 0 Å². The summed E-state index contributed by atoms with van der Waals surface area (Å²) < 4.78 is 7.29. The van der Waals surface area contributed by atoms with Crippen LogP contribution < -0.4 is 4.90 Å². The first-order valence-corrected chi connectivity index (χ1v) is 22.4. The first-order chi connectivity index (χ1) is 29.0. The fraction of sp³-hybridized carbons (Fsp3) is 0.276. The monoisotopic (exact) mass is 779 g/mol. The lowest BCUT2D eigenvalue weighted by molar-refractivity contribution is 0.327. The second kappa shape index (κ2) is 12.6. The number of nitrogens with zero attached hydrogens (tertiary/aromatic N) is 1. The molecule has 2 bridgehead atoms. The molecule has 4 aliphatic carbocycles. The maximum absolute atomic E-state index is 7.29. The zero-order valence-corrected chi connectivity index (χ0v) is 36.0. The van der Waals surface area contributed by atoms with Crippen molar-refractivity contribution in [3.05, 3.63) is 172 Å². The Bertz CT molecular complexity index is 3100. The molecule has 2 fully saturated rings. The van der Waals surface area contributed by atoms with Gasteiger partial charge < -0.3 is 9.32 Å². The Hall–Kier alpha value is -5.86. The van der Waals surface area contributed by atoms with E-state index in [2.05, 4.69) is 181 Å². The van der Waals surface area contributed by atoms with E-state index in [1.165, 1.54) is 109 Å². The van der Waals surface area contributed by atoms with Gasteiger partial charge in [-0.15, -0.1) is 0 Å². The zero-order valence-electron chi connectivity index (χ0n) is 36.0. The molecule has 1 spiro atoms. The summed E-state index contributed by atoms with van der Waals surface area (Å²) in [5.41, 5.74) is 24.5. The van der Waals surface area contributed by atoms with E-state index in [4.69, 9.17) is 4.42 Å². The number of aryl methyl sites for hydroxylation is 3. The lowest BCUT2D eigenvalue weighted by atomic mass is 9.67. The molecule has 3 atom stereocenters. The highest BCUT2D eigenvalue weighted by Crippen LogP contribution is 2.66. The summed E-state index contributed by atoms with van der Waals surface area (Å²) in [5, 5.41) is 2.34. The van der Waals surface area contributed by atoms with E-state index in [0.717, 1.165) is 33.8 Å². The first kappa shape index (κ1) is 36.0. The third kappa shape index (κ3) is 4.82. The van der Waals surface area contributed by atoms with E-state index in [0.29, 0.717) is 5.92 Å². The minimum Gasteiger partial charge on any atom is -0.454 e. The third-order valence-electron chi connectivity index (χ3n) is 15.5. The number of furan rings is 1. The molecular formula is C58H53NO. The van der Waals surface area contributed by atoms with Gasteiger partial charge in [0, 0.05) is 33.0 Å². The quantitative estimate of drug-likeness (QED) is 0.173. The number of benzene rings is 7. The standard InChI is InChI=1S/C58H53NO/c1-33(2)47-28-38(54-35(4)25-34(3)26-36(54)5)29-48-46-15-12-18-53(56(46)60-55(47)48)59(40-21-23-44-42-13-8-10-16-49(42)57(6,7)51(44)30-40)41-22-24-45-43-14-9-11-17-50(43)58(52(45)31-41)32-37-19-20-39(58)27-37/h8-18,21-26,28-31,33,37,39H,19-20,27,32H2,1-7H3. The van der Waals surface area contributed by atoms with Gasteiger partial charge in [-0.1, -0.05) is 125 Å². The Morgan fingerprint density at radius 2 is 1.25 bits per heavy atom. The lowest BCUT2D eigenvalue weighted by Crippen LogP contribution is -2.32. The van der Waals surface area contributed by atoms with Crippen molar-refractivity contribution in [1.82, 2.24) is 0 Å². The number of para-hydroxylation sites is 1. The van der Waals surface area contributed by atoms with Crippen molar-refractivity contribution in [3.8, 4) is 33.4 Å². The molecular weight excluding hydrogens is 727 g/mol. The van der Waals surface area contributed by atoms with Crippen LogP contribution >= 0.6 is 0 Å². The molecule has 4 aliphatic rings. The molecule has 12 rings (SSSR count). The van der Waals surface area contributed by atoms with Crippen molar-refractivity contribution in [1.29, 1.82) is 0 Å². The summed E-state index contributed by atoms with van der Waals surface area (Å²) in [5.74, 6) is 1.79. The second-order valence-electron chi connectivity index (χ2n) is 19.7. The summed E-state index contributed by atoms with van der Waals surface area (Å²) in [6.45, 7) is 16.1. The van der Waals surface area contributed by atoms with Crippen LogP contribution in [0, 0.1) is 32.6 Å². The largest absolute Gasteiger partial charge is 0.454 e. The number of hydrogen-bond acceptors (Lipinski definition) is 2. The molecule has 8 aromatic rings. The summed E-state index contributed by atoms with van der Waals surface area (Å²) in [4.78, 5) is 2.53. The average molecular weight is 780 g/mol. The van der Waals surface area contributed by atoms with Gasteiger partial charge in [-0.25, -0.2) is 0 Å². The number of fused-ring (bicyclic) bond motifs is 14. The second-order valence-corrected chi connectivity index (χ2v) is 19.7. The molecule has 3 unspecified atom stereocenters. The smallest absolute Gasteiger partial charge is 0.159 e. The normalized spacial score (nSPS) is 20.3. The van der Waals surface area contributed by atoms with Gasteiger partial charge in [0.15, 0.2) is 5.58 Å². The minimum absolute atomic E-state index is 0.0816. The van der Waals surface area contributed by atoms with Crippen molar-refractivity contribution in [2.24, 2.45) is 11.8 Å². The maximum atomic E-state index is 7.29. The van der Waals surface area contributed by atoms with Crippen molar-refractivity contribution in [3.63, 3.8) is 0 Å². The van der Waals surface area contributed by atoms with Gasteiger partial charge in [0.05, 0.1) is 5.69 Å². The van der Waals surface area contributed by atoms with E-state index >= 15 is 0 Å². The summed E-state index contributed by atoms with van der Waals surface area (Å²) in [7, 11) is 0. The molecule has 1 heterocycles. The number of rotatable bonds is 5. The Labute approximate surface area is 354 Å². The minimum atomic E-state index is -0.124. The first-order valence-electron chi connectivity index (χ1n) is 22.4. The highest BCUT2D eigenvalue weighted by molar-refractivity contribution is 6.12. The van der Waals surface area contributed by atoms with Crippen LogP contribution in [0.5, 0.6) is 0 Å². The molecule has 2 saturated carbocycles. The fourth-order valence-corrected chi connectivity index (χ4v) is 13.1. The van der Waals surface area contributed by atoms with Crippen molar-refractivity contribution in [2.75, 3.05) is 4.90 Å². The lowest BCUT2D eigenvalue weighted by Gasteiger charge is -2.37. The van der Waals surface area contributed by atoms with Crippen LogP contribution in [-0.4, -0.2) is 0 Å². The van der Waals surface area contributed by atoms with Crippen LogP contribution in [0.15, 0.2) is 132 Å². The van der Waals surface area contributed by atoms with Crippen LogP contribution in [0.2, 0.25) is 0 Å². The Morgan fingerprint density at radius 3 is 1.93 bits per heavy atom. The van der Waals surface area contributed by atoms with Gasteiger partial charge in [-0.3, -0.25) is 0 Å². The SMILES string of the molecule is Cc1cc(C)c(-c2cc(C(C)C)c3oc4c(N(c5ccc6c(c5)C(C)(C)c5ccccc5-6)c5ccc6c(c5)C5(CC7CCC5C7)c5ccccc5-6)cccc4c3c2)c(C)c1. The van der Waals surface area contributed by atoms with Crippen LogP contribution in [0.4, 0.5) is 17.1 Å². The van der Waals surface area contributed by atoms with Crippen LogP contribution in [0.1, 0.15) is 104 Å². The van der Waals surface area contributed by atoms with Gasteiger partial charge >= 0.3 is 0 Å². The summed E-state index contributed by atoms with van der Waals surface area (Å²) in [6.07, 6.45) is 5.31. The summed E-state index contributed by atoms with van der Waals surface area (Å²) in [6, 6.07) is 49.2. The topological polar surface area (TPSA) is 16.4 Å². The molecule has 1 aromatic heterocycles. The molecule has 0 radical (unpaired) electrons. The molecule has 7 aromatic carbocycles. The van der Waals surface area contributed by atoms with Crippen LogP contribution in [-0.2, 0) is 10.8 Å². The molecule has 2 nitrogen and oxygen atoms in total. The molecule has 0 aliphatic heterocycles.